The van der Waals surface area contributed by atoms with Crippen molar-refractivity contribution in [2.45, 2.75) is 68.7 Å². The van der Waals surface area contributed by atoms with E-state index < -0.39 is 47.4 Å². The minimum atomic E-state index is -0.907. The van der Waals surface area contributed by atoms with Crippen LogP contribution >= 0.6 is 11.8 Å². The number of phenolic OH excluding ortho intramolecular Hbond substituents is 1. The Labute approximate surface area is 270 Å². The number of nitrogens with two attached hydrogens (primary N) is 1. The highest BCUT2D eigenvalue weighted by Crippen LogP contribution is 2.64. The highest BCUT2D eigenvalue weighted by Gasteiger charge is 2.61. The largest absolute Gasteiger partial charge is 0.504 e. The van der Waals surface area contributed by atoms with Crippen LogP contribution in [0.3, 0.4) is 0 Å². The van der Waals surface area contributed by atoms with Gasteiger partial charge in [0.25, 0.3) is 0 Å². The maximum absolute atomic E-state index is 13.0. The lowest BCUT2D eigenvalue weighted by Gasteiger charge is -2.62. The number of carbonyl (C=O) groups excluding carboxylic acids is 2. The second-order valence-corrected chi connectivity index (χ2v) is 13.5. The van der Waals surface area contributed by atoms with E-state index in [2.05, 4.69) is 22.4 Å². The maximum atomic E-state index is 13.0. The Kier molecular flexibility index (Phi) is 7.59. The molecule has 0 aliphatic carbocycles. The van der Waals surface area contributed by atoms with Crippen molar-refractivity contribution in [2.75, 3.05) is 32.8 Å². The molecule has 4 bridgehead atoms. The van der Waals surface area contributed by atoms with Crippen LogP contribution in [0.5, 0.6) is 28.7 Å². The lowest BCUT2D eigenvalue weighted by molar-refractivity contribution is -0.150. The van der Waals surface area contributed by atoms with Crippen LogP contribution in [0.4, 0.5) is 0 Å². The molecule has 0 spiro atoms. The second-order valence-electron chi connectivity index (χ2n) is 12.3. The third-order valence-electron chi connectivity index (χ3n) is 9.85. The van der Waals surface area contributed by atoms with Gasteiger partial charge in [0.2, 0.25) is 6.79 Å². The highest BCUT2D eigenvalue weighted by molar-refractivity contribution is 7.99. The molecule has 0 radical (unpaired) electrons. The first-order valence-corrected chi connectivity index (χ1v) is 16.3. The van der Waals surface area contributed by atoms with Gasteiger partial charge < -0.3 is 34.5 Å². The Bertz CT molecular complexity index is 1710. The number of hydrogen-bond donors (Lipinski definition) is 2. The summed E-state index contributed by atoms with van der Waals surface area (Å²) in [6, 6.07) is 1.15. The van der Waals surface area contributed by atoms with E-state index in [1.54, 1.807) is 6.08 Å². The number of nitriles is 1. The molecule has 2 aromatic carbocycles. The predicted molar refractivity (Wildman–Crippen MR) is 167 cm³/mol. The van der Waals surface area contributed by atoms with Crippen LogP contribution in [-0.4, -0.2) is 83.8 Å². The molecule has 5 heterocycles. The predicted octanol–water partition coefficient (Wildman–Crippen LogP) is 3.12. The maximum Gasteiger partial charge on any atom is 0.323 e. The van der Waals surface area contributed by atoms with Crippen LogP contribution in [-0.2, 0) is 20.7 Å². The number of hydrogen-bond acceptors (Lipinski definition) is 13. The van der Waals surface area contributed by atoms with Gasteiger partial charge in [0, 0.05) is 53.6 Å². The van der Waals surface area contributed by atoms with Crippen molar-refractivity contribution in [1.29, 1.82) is 5.26 Å². The summed E-state index contributed by atoms with van der Waals surface area (Å²) in [5, 5.41) is 22.3. The van der Waals surface area contributed by atoms with Crippen molar-refractivity contribution < 1.29 is 38.4 Å². The summed E-state index contributed by atoms with van der Waals surface area (Å²) in [7, 11) is 1.53. The number of rotatable bonds is 4. The normalized spacial score (nSPS) is 29.5. The molecule has 2 aromatic rings. The minimum Gasteiger partial charge on any atom is -0.504 e. The number of methoxy groups -OCH3 is 1. The number of phenols is 1. The molecule has 12 nitrogen and oxygen atoms in total. The zero-order valence-electron chi connectivity index (χ0n) is 26.1. The number of thioether (sulfide) groups is 1. The van der Waals surface area contributed by atoms with Crippen LogP contribution in [0.15, 0.2) is 18.7 Å². The van der Waals surface area contributed by atoms with Crippen molar-refractivity contribution in [1.82, 2.24) is 9.80 Å². The van der Waals surface area contributed by atoms with Crippen LogP contribution in [0.25, 0.3) is 0 Å². The van der Waals surface area contributed by atoms with Crippen LogP contribution in [0.2, 0.25) is 0 Å². The first-order chi connectivity index (χ1) is 22.1. The summed E-state index contributed by atoms with van der Waals surface area (Å²) in [6.07, 6.45) is 2.30. The van der Waals surface area contributed by atoms with E-state index in [0.29, 0.717) is 58.2 Å². The number of benzene rings is 2. The van der Waals surface area contributed by atoms with Gasteiger partial charge in [0.1, 0.15) is 24.4 Å². The first-order valence-electron chi connectivity index (χ1n) is 15.2. The molecule has 2 fully saturated rings. The summed E-state index contributed by atoms with van der Waals surface area (Å²) in [5.41, 5.74) is 10.8. The van der Waals surface area contributed by atoms with Gasteiger partial charge in [-0.3, -0.25) is 19.4 Å². The molecule has 242 valence electrons. The Balaban J connectivity index is 1.58. The number of esters is 2. The molecule has 3 N–H and O–H groups in total. The van der Waals surface area contributed by atoms with Gasteiger partial charge in [0.15, 0.2) is 23.0 Å². The molecule has 13 heteroatoms. The first kappa shape index (κ1) is 30.7. The highest BCUT2D eigenvalue weighted by atomic mass is 32.2. The summed E-state index contributed by atoms with van der Waals surface area (Å²) in [4.78, 5) is 30.0. The molecule has 2 saturated heterocycles. The molecule has 46 heavy (non-hydrogen) atoms. The smallest absolute Gasteiger partial charge is 0.323 e. The summed E-state index contributed by atoms with van der Waals surface area (Å²) in [6.45, 7) is 9.38. The van der Waals surface area contributed by atoms with Crippen molar-refractivity contribution >= 4 is 23.7 Å². The monoisotopic (exact) mass is 648 g/mol. The zero-order valence-corrected chi connectivity index (χ0v) is 26.9. The topological polar surface area (TPSA) is 157 Å². The SMILES string of the molecule is C=CCN1[C@H]2c3c(cc(C)c(OC)c3O)C[C@H]1[C@H](C#N)N1C2[C@@H]2SCC(N)C(=O)OC[C@H]1c1c3c(c(C)c(OC(C)=O)c12)OCO3. The van der Waals surface area contributed by atoms with Crippen LogP contribution in [0, 0.1) is 25.2 Å². The van der Waals surface area contributed by atoms with Crippen LogP contribution in [0.1, 0.15) is 57.6 Å². The number of cyclic esters (lactones) is 1. The standard InChI is InChI=1S/C33H36N4O8S/c1-6-7-36-19-9-17-8-14(2)28(41-5)27(39)22(17)25(36)26-32-24-23(31-30(43-13-44-31)15(3)29(24)45-16(4)38)21(37(26)20(19)10-34)11-42-33(40)18(35)12-46-32/h6,8,18-21,25-26,32,39H,1,7,9,11-13,35H2,2-5H3/t18?,19-,20-,21-,25-,26?,32+/m0/s1. The molecule has 0 aromatic heterocycles. The van der Waals surface area contributed by atoms with Crippen molar-refractivity contribution in [3.8, 4) is 34.8 Å². The van der Waals surface area contributed by atoms with Crippen molar-refractivity contribution in [3.63, 3.8) is 0 Å². The van der Waals surface area contributed by atoms with E-state index in [1.807, 2.05) is 19.9 Å². The van der Waals surface area contributed by atoms with Gasteiger partial charge >= 0.3 is 11.9 Å². The number of piperazine rings is 1. The lowest BCUT2D eigenvalue weighted by Crippen LogP contribution is -2.70. The van der Waals surface area contributed by atoms with Gasteiger partial charge in [-0.2, -0.15) is 5.26 Å². The quantitative estimate of drug-likeness (QED) is 0.284. The number of nitrogens with zero attached hydrogens (tertiary/aromatic N) is 3. The summed E-state index contributed by atoms with van der Waals surface area (Å²) >= 11 is 1.43. The average molecular weight is 649 g/mol. The Morgan fingerprint density at radius 1 is 1.24 bits per heavy atom. The molecule has 7 rings (SSSR count). The fourth-order valence-electron chi connectivity index (χ4n) is 8.23. The third kappa shape index (κ3) is 4.31. The molecule has 2 unspecified atom stereocenters. The molecular formula is C33H36N4O8S. The average Bonchev–Trinajstić information content (AvgIpc) is 3.51. The van der Waals surface area contributed by atoms with E-state index in [4.69, 9.17) is 29.4 Å². The van der Waals surface area contributed by atoms with E-state index >= 15 is 0 Å². The molecular weight excluding hydrogens is 612 g/mol. The number of aryl methyl sites for hydroxylation is 1. The third-order valence-corrected chi connectivity index (χ3v) is 11.3. The zero-order chi connectivity index (χ0) is 32.6. The molecule has 0 saturated carbocycles. The van der Waals surface area contributed by atoms with Gasteiger partial charge in [-0.25, -0.2) is 0 Å². The molecule has 5 aliphatic heterocycles. The number of carbonyl (C=O) groups is 2. The molecule has 7 atom stereocenters. The van der Waals surface area contributed by atoms with E-state index in [9.17, 15) is 20.0 Å². The summed E-state index contributed by atoms with van der Waals surface area (Å²) < 4.78 is 29.6. The Morgan fingerprint density at radius 2 is 2.00 bits per heavy atom. The summed E-state index contributed by atoms with van der Waals surface area (Å²) in [5.74, 6) is 0.861. The second kappa shape index (κ2) is 11.4. The number of fused-ring (bicyclic) bond motifs is 9. The van der Waals surface area contributed by atoms with Crippen molar-refractivity contribution in [3.05, 3.63) is 52.1 Å². The number of ether oxygens (including phenoxy) is 5. The van der Waals surface area contributed by atoms with Gasteiger partial charge in [-0.1, -0.05) is 12.1 Å². The lowest BCUT2D eigenvalue weighted by atomic mass is 9.71. The van der Waals surface area contributed by atoms with Gasteiger partial charge in [-0.15, -0.1) is 18.3 Å². The fraction of sp³-hybridized carbons (Fsp3) is 0.485. The van der Waals surface area contributed by atoms with Crippen molar-refractivity contribution in [2.24, 2.45) is 5.73 Å². The van der Waals surface area contributed by atoms with E-state index in [-0.39, 0.29) is 30.9 Å². The van der Waals surface area contributed by atoms with Gasteiger partial charge in [0.05, 0.1) is 30.5 Å². The Hall–Kier alpha value is -3.96. The molecule has 0 amide bonds. The van der Waals surface area contributed by atoms with E-state index in [0.717, 1.165) is 11.1 Å². The Morgan fingerprint density at radius 3 is 2.70 bits per heavy atom. The minimum absolute atomic E-state index is 0.0365. The van der Waals surface area contributed by atoms with Gasteiger partial charge in [-0.05, 0) is 31.4 Å². The molecule has 5 aliphatic rings. The number of aromatic hydroxyl groups is 1. The van der Waals surface area contributed by atoms with Crippen LogP contribution < -0.4 is 24.7 Å². The fourth-order valence-corrected chi connectivity index (χ4v) is 9.67. The van der Waals surface area contributed by atoms with E-state index in [1.165, 1.54) is 25.8 Å².